The predicted octanol–water partition coefficient (Wildman–Crippen LogP) is -0.499. The van der Waals surface area contributed by atoms with Gasteiger partial charge in [-0.25, -0.2) is 0 Å². The van der Waals surface area contributed by atoms with Gasteiger partial charge in [0.25, 0.3) is 0 Å². The fraction of sp³-hybridized carbons (Fsp3) is 1.00. The van der Waals surface area contributed by atoms with Crippen molar-refractivity contribution < 1.29 is 20.4 Å². The van der Waals surface area contributed by atoms with Gasteiger partial charge < -0.3 is 20.4 Å². The van der Waals surface area contributed by atoms with E-state index >= 15 is 0 Å². The molecule has 1 rings (SSSR count). The van der Waals surface area contributed by atoms with Crippen molar-refractivity contribution in [3.05, 3.63) is 0 Å². The van der Waals surface area contributed by atoms with Gasteiger partial charge in [0.1, 0.15) is 0 Å². The Hall–Kier alpha value is -0.160. The molecule has 1 saturated carbocycles. The molecule has 0 spiro atoms. The van der Waals surface area contributed by atoms with E-state index < -0.39 is 11.5 Å². The van der Waals surface area contributed by atoms with Crippen LogP contribution in [-0.4, -0.2) is 46.4 Å². The molecular formula is C10H20O4. The minimum Gasteiger partial charge on any atom is -0.396 e. The van der Waals surface area contributed by atoms with E-state index in [9.17, 15) is 10.2 Å². The normalized spacial score (nSPS) is 35.6. The highest BCUT2D eigenvalue weighted by Gasteiger charge is 2.41. The average molecular weight is 204 g/mol. The second kappa shape index (κ2) is 5.07. The van der Waals surface area contributed by atoms with Crippen LogP contribution in [0.4, 0.5) is 0 Å². The molecule has 0 radical (unpaired) electrons. The third kappa shape index (κ3) is 2.25. The number of aliphatic hydroxyl groups is 4. The molecule has 0 saturated heterocycles. The Bertz CT molecular complexity index is 174. The van der Waals surface area contributed by atoms with Crippen molar-refractivity contribution in [2.45, 2.75) is 31.8 Å². The van der Waals surface area contributed by atoms with Crippen LogP contribution in [-0.2, 0) is 0 Å². The molecule has 3 unspecified atom stereocenters. The zero-order valence-electron chi connectivity index (χ0n) is 8.39. The first-order chi connectivity index (χ1) is 6.68. The van der Waals surface area contributed by atoms with Crippen LogP contribution < -0.4 is 0 Å². The van der Waals surface area contributed by atoms with E-state index in [0.717, 1.165) is 19.3 Å². The van der Waals surface area contributed by atoms with Crippen LogP contribution in [0.3, 0.4) is 0 Å². The Morgan fingerprint density at radius 3 is 2.50 bits per heavy atom. The Morgan fingerprint density at radius 2 is 2.00 bits per heavy atom. The molecule has 0 aromatic rings. The third-order valence-corrected chi connectivity index (χ3v) is 3.44. The van der Waals surface area contributed by atoms with Gasteiger partial charge in [-0.15, -0.1) is 0 Å². The summed E-state index contributed by atoms with van der Waals surface area (Å²) >= 11 is 0. The van der Waals surface area contributed by atoms with Crippen molar-refractivity contribution in [3.8, 4) is 0 Å². The molecule has 0 amide bonds. The molecule has 1 fully saturated rings. The molecule has 14 heavy (non-hydrogen) atoms. The number of hydrogen-bond donors (Lipinski definition) is 4. The van der Waals surface area contributed by atoms with Crippen LogP contribution in [0.5, 0.6) is 0 Å². The molecule has 0 aromatic carbocycles. The van der Waals surface area contributed by atoms with Crippen molar-refractivity contribution in [1.29, 1.82) is 0 Å². The van der Waals surface area contributed by atoms with Crippen molar-refractivity contribution in [3.63, 3.8) is 0 Å². The largest absolute Gasteiger partial charge is 0.396 e. The van der Waals surface area contributed by atoms with Gasteiger partial charge in [-0.2, -0.15) is 0 Å². The fourth-order valence-corrected chi connectivity index (χ4v) is 2.42. The monoisotopic (exact) mass is 204 g/mol. The van der Waals surface area contributed by atoms with Gasteiger partial charge in [0.05, 0.1) is 19.3 Å². The van der Waals surface area contributed by atoms with E-state index in [1.54, 1.807) is 0 Å². The van der Waals surface area contributed by atoms with Gasteiger partial charge in [0, 0.05) is 12.0 Å². The van der Waals surface area contributed by atoms with Crippen LogP contribution in [0, 0.1) is 11.3 Å². The van der Waals surface area contributed by atoms with Crippen LogP contribution in [0.15, 0.2) is 0 Å². The Labute approximate surface area is 84.2 Å². The standard InChI is InChI=1S/C10H20O4/c11-5-8-2-1-3-10(4-8,7-13)9(14)6-12/h8-9,11-14H,1-7H2. The van der Waals surface area contributed by atoms with Gasteiger partial charge >= 0.3 is 0 Å². The van der Waals surface area contributed by atoms with Gasteiger partial charge in [-0.3, -0.25) is 0 Å². The molecular weight excluding hydrogens is 184 g/mol. The van der Waals surface area contributed by atoms with Crippen LogP contribution in [0.25, 0.3) is 0 Å². The molecule has 0 heterocycles. The van der Waals surface area contributed by atoms with Gasteiger partial charge in [0.15, 0.2) is 0 Å². The van der Waals surface area contributed by atoms with E-state index in [-0.39, 0.29) is 25.7 Å². The second-order valence-electron chi connectivity index (χ2n) is 4.36. The predicted molar refractivity (Wildman–Crippen MR) is 51.7 cm³/mol. The molecule has 1 aliphatic carbocycles. The molecule has 4 heteroatoms. The number of hydrogen-bond acceptors (Lipinski definition) is 4. The molecule has 3 atom stereocenters. The lowest BCUT2D eigenvalue weighted by atomic mass is 9.67. The van der Waals surface area contributed by atoms with Gasteiger partial charge in [-0.1, -0.05) is 6.42 Å². The zero-order chi connectivity index (χ0) is 10.6. The molecule has 0 aromatic heterocycles. The number of rotatable bonds is 4. The first-order valence-electron chi connectivity index (χ1n) is 5.19. The first kappa shape index (κ1) is 11.9. The summed E-state index contributed by atoms with van der Waals surface area (Å²) < 4.78 is 0. The van der Waals surface area contributed by atoms with Crippen LogP contribution in [0.2, 0.25) is 0 Å². The van der Waals surface area contributed by atoms with Gasteiger partial charge in [0.2, 0.25) is 0 Å². The van der Waals surface area contributed by atoms with E-state index in [0.29, 0.717) is 6.42 Å². The Kier molecular flexibility index (Phi) is 4.31. The lowest BCUT2D eigenvalue weighted by molar-refractivity contribution is -0.0822. The van der Waals surface area contributed by atoms with E-state index in [1.165, 1.54) is 0 Å². The quantitative estimate of drug-likeness (QED) is 0.498. The Balaban J connectivity index is 2.67. The zero-order valence-corrected chi connectivity index (χ0v) is 8.39. The maximum Gasteiger partial charge on any atom is 0.0848 e. The van der Waals surface area contributed by atoms with Crippen molar-refractivity contribution in [2.24, 2.45) is 11.3 Å². The van der Waals surface area contributed by atoms with E-state index in [1.807, 2.05) is 0 Å². The maximum absolute atomic E-state index is 9.65. The van der Waals surface area contributed by atoms with Crippen LogP contribution >= 0.6 is 0 Å². The van der Waals surface area contributed by atoms with Crippen molar-refractivity contribution >= 4 is 0 Å². The molecule has 1 aliphatic rings. The third-order valence-electron chi connectivity index (χ3n) is 3.44. The first-order valence-corrected chi connectivity index (χ1v) is 5.19. The molecule has 0 aliphatic heterocycles. The highest BCUT2D eigenvalue weighted by atomic mass is 16.3. The fourth-order valence-electron chi connectivity index (χ4n) is 2.42. The van der Waals surface area contributed by atoms with Crippen molar-refractivity contribution in [2.75, 3.05) is 19.8 Å². The highest BCUT2D eigenvalue weighted by Crippen LogP contribution is 2.41. The molecule has 0 bridgehead atoms. The highest BCUT2D eigenvalue weighted by molar-refractivity contribution is 4.91. The summed E-state index contributed by atoms with van der Waals surface area (Å²) in [5.41, 5.74) is -0.597. The lowest BCUT2D eigenvalue weighted by Gasteiger charge is -2.42. The molecule has 84 valence electrons. The lowest BCUT2D eigenvalue weighted by Crippen LogP contribution is -2.45. The summed E-state index contributed by atoms with van der Waals surface area (Å²) in [6, 6.07) is 0. The molecule has 4 N–H and O–H groups in total. The minimum atomic E-state index is -0.873. The summed E-state index contributed by atoms with van der Waals surface area (Å²) in [5, 5.41) is 36.9. The van der Waals surface area contributed by atoms with Gasteiger partial charge in [-0.05, 0) is 25.2 Å². The topological polar surface area (TPSA) is 80.9 Å². The van der Waals surface area contributed by atoms with E-state index in [4.69, 9.17) is 10.2 Å². The molecule has 4 nitrogen and oxygen atoms in total. The average Bonchev–Trinajstić information content (AvgIpc) is 2.27. The summed E-state index contributed by atoms with van der Waals surface area (Å²) in [6.45, 7) is -0.343. The minimum absolute atomic E-state index is 0.0971. The van der Waals surface area contributed by atoms with E-state index in [2.05, 4.69) is 0 Å². The van der Waals surface area contributed by atoms with Crippen molar-refractivity contribution in [1.82, 2.24) is 0 Å². The second-order valence-corrected chi connectivity index (χ2v) is 4.36. The summed E-state index contributed by atoms with van der Waals surface area (Å²) in [4.78, 5) is 0. The van der Waals surface area contributed by atoms with Crippen LogP contribution in [0.1, 0.15) is 25.7 Å². The summed E-state index contributed by atoms with van der Waals surface area (Å²) in [6.07, 6.45) is 2.28. The summed E-state index contributed by atoms with van der Waals surface area (Å²) in [7, 11) is 0. The Morgan fingerprint density at radius 1 is 1.29 bits per heavy atom. The summed E-state index contributed by atoms with van der Waals surface area (Å²) in [5.74, 6) is 0.150. The maximum atomic E-state index is 9.65. The number of aliphatic hydroxyl groups excluding tert-OH is 4. The smallest absolute Gasteiger partial charge is 0.0848 e. The SMILES string of the molecule is OCC1CCCC(CO)(C(O)CO)C1.